The van der Waals surface area contributed by atoms with E-state index < -0.39 is 17.4 Å². The fourth-order valence-electron chi connectivity index (χ4n) is 2.09. The number of hydrogen-bond acceptors (Lipinski definition) is 2. The minimum Gasteiger partial charge on any atom is -0.289 e. The van der Waals surface area contributed by atoms with Crippen molar-refractivity contribution in [1.29, 1.82) is 0 Å². The maximum Gasteiger partial charge on any atom is 0.186 e. The number of benzene rings is 2. The van der Waals surface area contributed by atoms with E-state index in [2.05, 4.69) is 10.2 Å². The Kier molecular flexibility index (Phi) is 4.10. The van der Waals surface area contributed by atoms with Crippen LogP contribution in [0.5, 0.6) is 0 Å². The van der Waals surface area contributed by atoms with Crippen LogP contribution in [0.4, 0.5) is 8.78 Å². The first-order valence-electron chi connectivity index (χ1n) is 6.92. The van der Waals surface area contributed by atoms with Crippen LogP contribution in [0, 0.1) is 11.6 Å². The van der Waals surface area contributed by atoms with E-state index in [-0.39, 0.29) is 5.56 Å². The van der Waals surface area contributed by atoms with Gasteiger partial charge >= 0.3 is 0 Å². The highest BCUT2D eigenvalue weighted by atomic mass is 19.2. The molecule has 0 aliphatic carbocycles. The van der Waals surface area contributed by atoms with E-state index >= 15 is 0 Å². The number of carbonyl (C=O) groups excluding carboxylic acids is 1. The van der Waals surface area contributed by atoms with Gasteiger partial charge in [-0.3, -0.25) is 9.89 Å². The average Bonchev–Trinajstić information content (AvgIpc) is 3.05. The van der Waals surface area contributed by atoms with Crippen LogP contribution in [0.25, 0.3) is 17.3 Å². The van der Waals surface area contributed by atoms with Gasteiger partial charge in [0.05, 0.1) is 11.4 Å². The van der Waals surface area contributed by atoms with Crippen LogP contribution in [-0.4, -0.2) is 16.0 Å². The van der Waals surface area contributed by atoms with Crippen LogP contribution < -0.4 is 0 Å². The van der Waals surface area contributed by atoms with Crippen molar-refractivity contribution in [1.82, 2.24) is 10.2 Å². The smallest absolute Gasteiger partial charge is 0.186 e. The number of hydrogen-bond donors (Lipinski definition) is 1. The quantitative estimate of drug-likeness (QED) is 0.578. The highest BCUT2D eigenvalue weighted by Gasteiger charge is 2.07. The Balaban J connectivity index is 1.76. The van der Waals surface area contributed by atoms with Crippen molar-refractivity contribution in [3.8, 4) is 11.3 Å². The molecule has 0 unspecified atom stereocenters. The second-order valence-electron chi connectivity index (χ2n) is 4.90. The maximum atomic E-state index is 13.1. The van der Waals surface area contributed by atoms with Crippen molar-refractivity contribution < 1.29 is 13.6 Å². The number of rotatable bonds is 4. The molecule has 0 radical (unpaired) electrons. The summed E-state index contributed by atoms with van der Waals surface area (Å²) in [4.78, 5) is 11.9. The Morgan fingerprint density at radius 1 is 1.00 bits per heavy atom. The van der Waals surface area contributed by atoms with Crippen molar-refractivity contribution in [3.05, 3.63) is 83.6 Å². The Hall–Kier alpha value is -3.08. The fraction of sp³-hybridized carbons (Fsp3) is 0. The lowest BCUT2D eigenvalue weighted by Gasteiger charge is -1.96. The summed E-state index contributed by atoms with van der Waals surface area (Å²) in [7, 11) is 0. The lowest BCUT2D eigenvalue weighted by molar-refractivity contribution is 0.104. The summed E-state index contributed by atoms with van der Waals surface area (Å²) in [5.74, 6) is -2.44. The van der Waals surface area contributed by atoms with Crippen molar-refractivity contribution in [2.45, 2.75) is 0 Å². The van der Waals surface area contributed by atoms with Gasteiger partial charge in [0, 0.05) is 11.1 Å². The predicted molar refractivity (Wildman–Crippen MR) is 83.7 cm³/mol. The van der Waals surface area contributed by atoms with E-state index in [1.165, 1.54) is 12.1 Å². The molecule has 0 amide bonds. The van der Waals surface area contributed by atoms with Gasteiger partial charge in [0.1, 0.15) is 0 Å². The number of ketones is 1. The third-order valence-corrected chi connectivity index (χ3v) is 3.29. The molecule has 3 rings (SSSR count). The summed E-state index contributed by atoms with van der Waals surface area (Å²) in [5.41, 5.74) is 2.43. The molecule has 0 atom stereocenters. The number of aromatic amines is 1. The third-order valence-electron chi connectivity index (χ3n) is 3.29. The first-order valence-corrected chi connectivity index (χ1v) is 6.92. The highest BCUT2D eigenvalue weighted by molar-refractivity contribution is 6.06. The monoisotopic (exact) mass is 310 g/mol. The zero-order valence-electron chi connectivity index (χ0n) is 12.0. The van der Waals surface area contributed by atoms with E-state index in [4.69, 9.17) is 0 Å². The molecule has 5 heteroatoms. The van der Waals surface area contributed by atoms with Gasteiger partial charge in [0.25, 0.3) is 0 Å². The van der Waals surface area contributed by atoms with Gasteiger partial charge in [-0.2, -0.15) is 5.10 Å². The molecule has 1 heterocycles. The molecule has 0 fully saturated rings. The van der Waals surface area contributed by atoms with Crippen molar-refractivity contribution in [2.75, 3.05) is 0 Å². The van der Waals surface area contributed by atoms with Crippen LogP contribution in [0.15, 0.2) is 60.7 Å². The summed E-state index contributed by atoms with van der Waals surface area (Å²) >= 11 is 0. The molecule has 0 bridgehead atoms. The highest BCUT2D eigenvalue weighted by Crippen LogP contribution is 2.17. The zero-order valence-corrected chi connectivity index (χ0v) is 12.0. The number of carbonyl (C=O) groups is 1. The molecule has 1 N–H and O–H groups in total. The van der Waals surface area contributed by atoms with Crippen LogP contribution in [0.2, 0.25) is 0 Å². The molecule has 2 aromatic carbocycles. The summed E-state index contributed by atoms with van der Waals surface area (Å²) in [6.07, 6.45) is 2.83. The van der Waals surface area contributed by atoms with E-state index in [1.807, 2.05) is 30.3 Å². The maximum absolute atomic E-state index is 13.1. The van der Waals surface area contributed by atoms with Gasteiger partial charge in [-0.15, -0.1) is 0 Å². The summed E-state index contributed by atoms with van der Waals surface area (Å²) < 4.78 is 26.0. The van der Waals surface area contributed by atoms with E-state index in [1.54, 1.807) is 12.1 Å². The van der Waals surface area contributed by atoms with Crippen molar-refractivity contribution >= 4 is 11.9 Å². The average molecular weight is 310 g/mol. The fourth-order valence-corrected chi connectivity index (χ4v) is 2.09. The van der Waals surface area contributed by atoms with Gasteiger partial charge in [0.2, 0.25) is 0 Å². The number of aromatic nitrogens is 2. The molecule has 1 aromatic heterocycles. The standard InChI is InChI=1S/C18H12F2N2O/c19-15-8-6-13(10-16(15)20)18(23)9-7-14-11-17(22-21-14)12-4-2-1-3-5-12/h1-11H,(H,21,22)/b9-7+. The molecule has 3 nitrogen and oxygen atoms in total. The number of nitrogens with one attached hydrogen (secondary N) is 1. The topological polar surface area (TPSA) is 45.8 Å². The molecule has 0 saturated heterocycles. The molecular formula is C18H12F2N2O. The van der Waals surface area contributed by atoms with Gasteiger partial charge in [-0.25, -0.2) is 8.78 Å². The molecule has 0 aliphatic heterocycles. The number of nitrogens with zero attached hydrogens (tertiary/aromatic N) is 1. The normalized spacial score (nSPS) is 11.0. The minimum absolute atomic E-state index is 0.0861. The third kappa shape index (κ3) is 3.40. The molecular weight excluding hydrogens is 298 g/mol. The van der Waals surface area contributed by atoms with Gasteiger partial charge < -0.3 is 0 Å². The van der Waals surface area contributed by atoms with Gasteiger partial charge in [-0.05, 0) is 36.4 Å². The summed E-state index contributed by atoms with van der Waals surface area (Å²) in [6, 6.07) is 14.4. The van der Waals surface area contributed by atoms with Crippen LogP contribution in [0.3, 0.4) is 0 Å². The first-order chi connectivity index (χ1) is 11.1. The van der Waals surface area contributed by atoms with E-state index in [9.17, 15) is 13.6 Å². The predicted octanol–water partition coefficient (Wildman–Crippen LogP) is 4.25. The number of halogens is 2. The van der Waals surface area contributed by atoms with E-state index in [0.29, 0.717) is 5.69 Å². The Bertz CT molecular complexity index is 870. The molecule has 23 heavy (non-hydrogen) atoms. The second kappa shape index (κ2) is 6.36. The SMILES string of the molecule is O=C(/C=C/c1cc(-c2ccccc2)n[nH]1)c1ccc(F)c(F)c1. The molecule has 0 saturated carbocycles. The van der Waals surface area contributed by atoms with Gasteiger partial charge in [0.15, 0.2) is 17.4 Å². The molecule has 3 aromatic rings. The molecule has 0 aliphatic rings. The van der Waals surface area contributed by atoms with Crippen LogP contribution >= 0.6 is 0 Å². The van der Waals surface area contributed by atoms with E-state index in [0.717, 1.165) is 23.4 Å². The number of allylic oxidation sites excluding steroid dienone is 1. The number of H-pyrrole nitrogens is 1. The first kappa shape index (κ1) is 14.8. The minimum atomic E-state index is -1.04. The van der Waals surface area contributed by atoms with Crippen molar-refractivity contribution in [3.63, 3.8) is 0 Å². The Labute approximate surface area is 131 Å². The largest absolute Gasteiger partial charge is 0.289 e. The summed E-state index contributed by atoms with van der Waals surface area (Å²) in [5, 5.41) is 6.97. The summed E-state index contributed by atoms with van der Waals surface area (Å²) in [6.45, 7) is 0. The lowest BCUT2D eigenvalue weighted by Crippen LogP contribution is -1.96. The van der Waals surface area contributed by atoms with Crippen molar-refractivity contribution in [2.24, 2.45) is 0 Å². The second-order valence-corrected chi connectivity index (χ2v) is 4.90. The Morgan fingerprint density at radius 2 is 1.78 bits per heavy atom. The van der Waals surface area contributed by atoms with Gasteiger partial charge in [-0.1, -0.05) is 30.3 Å². The molecule has 0 spiro atoms. The van der Waals surface area contributed by atoms with Crippen LogP contribution in [0.1, 0.15) is 16.1 Å². The zero-order chi connectivity index (χ0) is 16.2. The molecule has 114 valence electrons. The lowest BCUT2D eigenvalue weighted by atomic mass is 10.1. The van der Waals surface area contributed by atoms with Crippen LogP contribution in [-0.2, 0) is 0 Å². The Morgan fingerprint density at radius 3 is 2.52 bits per heavy atom.